The Balaban J connectivity index is 1.75. The van der Waals surface area contributed by atoms with E-state index in [0.29, 0.717) is 19.0 Å². The predicted octanol–water partition coefficient (Wildman–Crippen LogP) is 1.08. The lowest BCUT2D eigenvalue weighted by molar-refractivity contribution is -0.144. The van der Waals surface area contributed by atoms with E-state index < -0.39 is 27.4 Å². The Kier molecular flexibility index (Phi) is 5.55. The van der Waals surface area contributed by atoms with Gasteiger partial charge in [0.2, 0.25) is 10.0 Å². The zero-order valence-electron chi connectivity index (χ0n) is 15.2. The summed E-state index contributed by atoms with van der Waals surface area (Å²) in [6, 6.07) is 5.59. The third-order valence-corrected chi connectivity index (χ3v) is 7.04. The molecule has 9 heteroatoms. The molecule has 2 heterocycles. The fraction of sp³-hybridized carbons (Fsp3) is 0.556. The molecule has 8 nitrogen and oxygen atoms in total. The number of ether oxygens (including phenoxy) is 1. The van der Waals surface area contributed by atoms with Gasteiger partial charge in [-0.15, -0.1) is 0 Å². The molecule has 2 aliphatic heterocycles. The Morgan fingerprint density at radius 3 is 2.56 bits per heavy atom. The van der Waals surface area contributed by atoms with Gasteiger partial charge in [0, 0.05) is 31.7 Å². The molecule has 2 atom stereocenters. The lowest BCUT2D eigenvalue weighted by Gasteiger charge is -2.30. The lowest BCUT2D eigenvalue weighted by atomic mass is 9.98. The molecule has 2 unspecified atom stereocenters. The average Bonchev–Trinajstić information content (AvgIpc) is 3.12. The molecule has 27 heavy (non-hydrogen) atoms. The first-order valence-corrected chi connectivity index (χ1v) is 10.4. The van der Waals surface area contributed by atoms with Crippen LogP contribution in [0.4, 0.5) is 0 Å². The largest absolute Gasteiger partial charge is 0.479 e. The summed E-state index contributed by atoms with van der Waals surface area (Å²) >= 11 is 0. The highest BCUT2D eigenvalue weighted by molar-refractivity contribution is 7.89. The molecule has 0 bridgehead atoms. The average molecular weight is 396 g/mol. The fourth-order valence-electron chi connectivity index (χ4n) is 3.47. The molecular formula is C18H24N2O6S. The summed E-state index contributed by atoms with van der Waals surface area (Å²) in [7, 11) is -3.60. The molecule has 1 aromatic rings. The number of nitrogens with zero attached hydrogens (tertiary/aromatic N) is 1. The fourth-order valence-corrected chi connectivity index (χ4v) is 5.07. The smallest absolute Gasteiger partial charge is 0.331 e. The van der Waals surface area contributed by atoms with Gasteiger partial charge in [-0.05, 0) is 43.0 Å². The summed E-state index contributed by atoms with van der Waals surface area (Å²) in [5, 5.41) is 11.9. The number of amides is 1. The van der Waals surface area contributed by atoms with Crippen LogP contribution in [0.3, 0.4) is 0 Å². The number of piperidine rings is 1. The standard InChI is InChI=1S/C18H24N2O6S/c1-13-3-2-9-20(11-13)27(24,25)15-6-4-14(5-7-15)16(21)19-18(17(22)23)8-10-26-12-18/h4-7,13H,2-3,8-12H2,1H3,(H,19,21)(H,22,23). The maximum atomic E-state index is 12.8. The first-order chi connectivity index (χ1) is 12.7. The van der Waals surface area contributed by atoms with Crippen LogP contribution in [0.2, 0.25) is 0 Å². The van der Waals surface area contributed by atoms with Crippen LogP contribution in [0.5, 0.6) is 0 Å². The van der Waals surface area contributed by atoms with Crippen molar-refractivity contribution in [2.24, 2.45) is 5.92 Å². The van der Waals surface area contributed by atoms with Gasteiger partial charge in [0.1, 0.15) is 0 Å². The van der Waals surface area contributed by atoms with Crippen molar-refractivity contribution < 1.29 is 27.9 Å². The van der Waals surface area contributed by atoms with Crippen molar-refractivity contribution in [1.29, 1.82) is 0 Å². The number of carbonyl (C=O) groups excluding carboxylic acids is 1. The first kappa shape index (κ1) is 19.8. The summed E-state index contributed by atoms with van der Waals surface area (Å²) in [6.07, 6.45) is 2.04. The minimum Gasteiger partial charge on any atom is -0.479 e. The van der Waals surface area contributed by atoms with Crippen molar-refractivity contribution in [3.05, 3.63) is 29.8 Å². The Morgan fingerprint density at radius 2 is 2.00 bits per heavy atom. The van der Waals surface area contributed by atoms with Crippen molar-refractivity contribution in [2.75, 3.05) is 26.3 Å². The second-order valence-corrected chi connectivity index (χ2v) is 9.22. The number of carboxylic acids is 1. The van der Waals surface area contributed by atoms with E-state index in [4.69, 9.17) is 4.74 Å². The summed E-state index contributed by atoms with van der Waals surface area (Å²) in [5.41, 5.74) is -1.24. The summed E-state index contributed by atoms with van der Waals surface area (Å²) in [6.45, 7) is 3.19. The Bertz CT molecular complexity index is 815. The molecule has 3 rings (SSSR count). The van der Waals surface area contributed by atoms with Crippen LogP contribution in [0.25, 0.3) is 0 Å². The number of sulfonamides is 1. The Morgan fingerprint density at radius 1 is 1.30 bits per heavy atom. The van der Waals surface area contributed by atoms with E-state index in [0.717, 1.165) is 12.8 Å². The van der Waals surface area contributed by atoms with E-state index >= 15 is 0 Å². The highest BCUT2D eigenvalue weighted by Crippen LogP contribution is 2.24. The number of carboxylic acid groups (broad SMARTS) is 1. The second-order valence-electron chi connectivity index (χ2n) is 7.28. The van der Waals surface area contributed by atoms with Gasteiger partial charge in [0.15, 0.2) is 5.54 Å². The topological polar surface area (TPSA) is 113 Å². The number of rotatable bonds is 5. The van der Waals surface area contributed by atoms with Gasteiger partial charge in [0.25, 0.3) is 5.91 Å². The molecule has 2 saturated heterocycles. The lowest BCUT2D eigenvalue weighted by Crippen LogP contribution is -2.55. The molecule has 1 amide bonds. The highest BCUT2D eigenvalue weighted by Gasteiger charge is 2.44. The highest BCUT2D eigenvalue weighted by atomic mass is 32.2. The number of hydrogen-bond acceptors (Lipinski definition) is 5. The van der Waals surface area contributed by atoms with E-state index in [1.165, 1.54) is 28.6 Å². The first-order valence-electron chi connectivity index (χ1n) is 8.98. The number of carbonyl (C=O) groups is 2. The van der Waals surface area contributed by atoms with Gasteiger partial charge in [0.05, 0.1) is 11.5 Å². The van der Waals surface area contributed by atoms with Crippen LogP contribution in [0.15, 0.2) is 29.2 Å². The van der Waals surface area contributed by atoms with E-state index in [9.17, 15) is 23.1 Å². The minimum absolute atomic E-state index is 0.0896. The molecule has 148 valence electrons. The molecule has 1 aromatic carbocycles. The summed E-state index contributed by atoms with van der Waals surface area (Å²) < 4.78 is 32.1. The molecule has 2 fully saturated rings. The number of hydrogen-bond donors (Lipinski definition) is 2. The van der Waals surface area contributed by atoms with E-state index in [2.05, 4.69) is 5.32 Å². The Labute approximate surface area is 158 Å². The van der Waals surface area contributed by atoms with Crippen molar-refractivity contribution >= 4 is 21.9 Å². The predicted molar refractivity (Wildman–Crippen MR) is 96.9 cm³/mol. The summed E-state index contributed by atoms with van der Waals surface area (Å²) in [5.74, 6) is -1.40. The Hall–Kier alpha value is -1.97. The third kappa shape index (κ3) is 3.99. The molecule has 0 aromatic heterocycles. The van der Waals surface area contributed by atoms with Gasteiger partial charge in [-0.3, -0.25) is 4.79 Å². The van der Waals surface area contributed by atoms with Gasteiger partial charge in [-0.1, -0.05) is 6.92 Å². The quantitative estimate of drug-likeness (QED) is 0.770. The van der Waals surface area contributed by atoms with Crippen molar-refractivity contribution in [2.45, 2.75) is 36.6 Å². The van der Waals surface area contributed by atoms with E-state index in [-0.39, 0.29) is 30.1 Å². The van der Waals surface area contributed by atoms with E-state index in [1.54, 1.807) is 0 Å². The maximum Gasteiger partial charge on any atom is 0.331 e. The van der Waals surface area contributed by atoms with Crippen LogP contribution in [0.1, 0.15) is 36.5 Å². The van der Waals surface area contributed by atoms with Crippen LogP contribution >= 0.6 is 0 Å². The van der Waals surface area contributed by atoms with Crippen LogP contribution in [-0.4, -0.2) is 61.5 Å². The van der Waals surface area contributed by atoms with Crippen molar-refractivity contribution in [3.63, 3.8) is 0 Å². The second kappa shape index (κ2) is 7.57. The molecule has 0 radical (unpaired) electrons. The third-order valence-electron chi connectivity index (χ3n) is 5.16. The zero-order chi connectivity index (χ0) is 19.7. The zero-order valence-corrected chi connectivity index (χ0v) is 16.0. The van der Waals surface area contributed by atoms with Crippen LogP contribution < -0.4 is 5.32 Å². The summed E-state index contributed by atoms with van der Waals surface area (Å²) in [4.78, 5) is 24.1. The van der Waals surface area contributed by atoms with Gasteiger partial charge < -0.3 is 15.2 Å². The van der Waals surface area contributed by atoms with Crippen LogP contribution in [0, 0.1) is 5.92 Å². The SMILES string of the molecule is CC1CCCN(S(=O)(=O)c2ccc(C(=O)NC3(C(=O)O)CCOC3)cc2)C1. The van der Waals surface area contributed by atoms with Crippen LogP contribution in [-0.2, 0) is 19.6 Å². The van der Waals surface area contributed by atoms with Gasteiger partial charge in [-0.2, -0.15) is 4.31 Å². The molecule has 0 aliphatic carbocycles. The maximum absolute atomic E-state index is 12.8. The number of nitrogens with one attached hydrogen (secondary N) is 1. The molecule has 0 saturated carbocycles. The monoisotopic (exact) mass is 396 g/mol. The number of benzene rings is 1. The number of aliphatic carboxylic acids is 1. The molecule has 0 spiro atoms. The van der Waals surface area contributed by atoms with Gasteiger partial charge in [-0.25, -0.2) is 13.2 Å². The molecular weight excluding hydrogens is 372 g/mol. The van der Waals surface area contributed by atoms with Crippen molar-refractivity contribution in [3.8, 4) is 0 Å². The molecule has 2 N–H and O–H groups in total. The van der Waals surface area contributed by atoms with Gasteiger partial charge >= 0.3 is 5.97 Å². The van der Waals surface area contributed by atoms with E-state index in [1.807, 2.05) is 6.92 Å². The molecule has 2 aliphatic rings. The normalized spacial score (nSPS) is 26.6. The minimum atomic E-state index is -3.60. The van der Waals surface area contributed by atoms with Crippen molar-refractivity contribution in [1.82, 2.24) is 9.62 Å².